The molecule has 2 rings (SSSR count). The Labute approximate surface area is 159 Å². The summed E-state index contributed by atoms with van der Waals surface area (Å²) < 4.78 is 5.32. The number of hydrogen-bond donors (Lipinski definition) is 1. The molecule has 2 aromatic rings. The predicted molar refractivity (Wildman–Crippen MR) is 104 cm³/mol. The molecule has 7 heteroatoms. The van der Waals surface area contributed by atoms with Crippen molar-refractivity contribution >= 4 is 11.6 Å². The van der Waals surface area contributed by atoms with Gasteiger partial charge in [0.2, 0.25) is 0 Å². The largest absolute Gasteiger partial charge is 0.477 e. The maximum Gasteiger partial charge on any atom is 0.310 e. The van der Waals surface area contributed by atoms with Gasteiger partial charge in [-0.1, -0.05) is 50.2 Å². The van der Waals surface area contributed by atoms with Crippen molar-refractivity contribution in [3.05, 3.63) is 69.8 Å². The lowest BCUT2D eigenvalue weighted by Crippen LogP contribution is -2.29. The van der Waals surface area contributed by atoms with Gasteiger partial charge in [-0.3, -0.25) is 19.8 Å². The maximum atomic E-state index is 12.1. The molecule has 0 aliphatic carbocycles. The average Bonchev–Trinajstić information content (AvgIpc) is 2.69. The van der Waals surface area contributed by atoms with Crippen molar-refractivity contribution in [3.63, 3.8) is 0 Å². The molecule has 0 aliphatic rings. The second kappa shape index (κ2) is 10.3. The number of rotatable bonds is 10. The van der Waals surface area contributed by atoms with E-state index in [1.54, 1.807) is 12.1 Å². The van der Waals surface area contributed by atoms with Crippen molar-refractivity contribution in [2.45, 2.75) is 26.9 Å². The summed E-state index contributed by atoms with van der Waals surface area (Å²) in [5, 5.41) is 13.8. The summed E-state index contributed by atoms with van der Waals surface area (Å²) in [7, 11) is 0. The molecule has 27 heavy (non-hydrogen) atoms. The number of benzene rings is 2. The summed E-state index contributed by atoms with van der Waals surface area (Å²) in [5.41, 5.74) is 2.06. The number of nitrogens with one attached hydrogen (secondary N) is 1. The van der Waals surface area contributed by atoms with Crippen LogP contribution in [-0.4, -0.2) is 35.4 Å². The summed E-state index contributed by atoms with van der Waals surface area (Å²) in [6, 6.07) is 14.0. The second-order valence-electron chi connectivity index (χ2n) is 6.02. The molecular weight excluding hydrogens is 346 g/mol. The zero-order valence-corrected chi connectivity index (χ0v) is 15.7. The van der Waals surface area contributed by atoms with E-state index in [0.29, 0.717) is 6.54 Å². The molecule has 1 amide bonds. The van der Waals surface area contributed by atoms with Crippen LogP contribution in [0.2, 0.25) is 0 Å². The fourth-order valence-corrected chi connectivity index (χ4v) is 2.69. The molecule has 2 aromatic carbocycles. The number of ether oxygens (including phenoxy) is 1. The SMILES string of the molecule is CCN(CC)Cc1ccccc1CNC(=O)COc1ccccc1[N+](=O)[O-]. The molecule has 0 saturated carbocycles. The minimum atomic E-state index is -0.531. The van der Waals surface area contributed by atoms with Crippen LogP contribution in [0.1, 0.15) is 25.0 Å². The third kappa shape index (κ3) is 6.07. The molecule has 0 atom stereocenters. The van der Waals surface area contributed by atoms with Crippen molar-refractivity contribution in [2.24, 2.45) is 0 Å². The maximum absolute atomic E-state index is 12.1. The Morgan fingerprint density at radius 3 is 2.37 bits per heavy atom. The fourth-order valence-electron chi connectivity index (χ4n) is 2.69. The van der Waals surface area contributed by atoms with Crippen LogP contribution in [0.15, 0.2) is 48.5 Å². The first-order chi connectivity index (χ1) is 13.0. The standard InChI is InChI=1S/C20H25N3O4/c1-3-22(4-2)14-17-10-6-5-9-16(17)13-21-20(24)15-27-19-12-8-7-11-18(19)23(25)26/h5-12H,3-4,13-15H2,1-2H3,(H,21,24). The summed E-state index contributed by atoms with van der Waals surface area (Å²) >= 11 is 0. The van der Waals surface area contributed by atoms with Crippen molar-refractivity contribution in [3.8, 4) is 5.75 Å². The van der Waals surface area contributed by atoms with Gasteiger partial charge in [-0.2, -0.15) is 0 Å². The predicted octanol–water partition coefficient (Wildman–Crippen LogP) is 3.13. The van der Waals surface area contributed by atoms with Crippen LogP contribution in [0.25, 0.3) is 0 Å². The minimum absolute atomic E-state index is 0.0829. The molecule has 0 unspecified atom stereocenters. The van der Waals surface area contributed by atoms with E-state index in [1.165, 1.54) is 17.7 Å². The lowest BCUT2D eigenvalue weighted by atomic mass is 10.1. The summed E-state index contributed by atoms with van der Waals surface area (Å²) in [6.07, 6.45) is 0. The van der Waals surface area contributed by atoms with Crippen LogP contribution in [-0.2, 0) is 17.9 Å². The lowest BCUT2D eigenvalue weighted by Gasteiger charge is -2.20. The Balaban J connectivity index is 1.92. The van der Waals surface area contributed by atoms with Gasteiger partial charge in [0.1, 0.15) is 0 Å². The second-order valence-corrected chi connectivity index (χ2v) is 6.02. The van der Waals surface area contributed by atoms with Gasteiger partial charge < -0.3 is 10.1 Å². The summed E-state index contributed by atoms with van der Waals surface area (Å²) in [5.74, 6) is -0.245. The molecule has 0 saturated heterocycles. The summed E-state index contributed by atoms with van der Waals surface area (Å²) in [4.78, 5) is 24.8. The third-order valence-corrected chi connectivity index (χ3v) is 4.30. The molecule has 1 N–H and O–H groups in total. The van der Waals surface area contributed by atoms with E-state index >= 15 is 0 Å². The molecule has 7 nitrogen and oxygen atoms in total. The van der Waals surface area contributed by atoms with Crippen molar-refractivity contribution in [1.29, 1.82) is 0 Å². The quantitative estimate of drug-likeness (QED) is 0.512. The van der Waals surface area contributed by atoms with E-state index in [4.69, 9.17) is 4.74 Å². The molecule has 0 heterocycles. The van der Waals surface area contributed by atoms with Gasteiger partial charge in [0.25, 0.3) is 5.91 Å². The Morgan fingerprint density at radius 2 is 1.70 bits per heavy atom. The highest BCUT2D eigenvalue weighted by atomic mass is 16.6. The number of para-hydroxylation sites is 2. The van der Waals surface area contributed by atoms with E-state index in [9.17, 15) is 14.9 Å². The number of hydrogen-bond acceptors (Lipinski definition) is 5. The Hall–Kier alpha value is -2.93. The number of nitrogens with zero attached hydrogens (tertiary/aromatic N) is 2. The van der Waals surface area contributed by atoms with Crippen LogP contribution in [0.5, 0.6) is 5.75 Å². The number of amides is 1. The van der Waals surface area contributed by atoms with Gasteiger partial charge in [0.05, 0.1) is 4.92 Å². The third-order valence-electron chi connectivity index (χ3n) is 4.30. The van der Waals surface area contributed by atoms with Crippen molar-refractivity contribution in [1.82, 2.24) is 10.2 Å². The Bertz CT molecular complexity index is 775. The monoisotopic (exact) mass is 371 g/mol. The molecule has 0 spiro atoms. The average molecular weight is 371 g/mol. The van der Waals surface area contributed by atoms with Crippen LogP contribution in [0, 0.1) is 10.1 Å². The molecule has 0 bridgehead atoms. The number of nitro benzene ring substituents is 1. The smallest absolute Gasteiger partial charge is 0.310 e. The molecule has 0 radical (unpaired) electrons. The molecule has 0 aliphatic heterocycles. The highest BCUT2D eigenvalue weighted by Crippen LogP contribution is 2.25. The van der Waals surface area contributed by atoms with Crippen LogP contribution in [0.3, 0.4) is 0 Å². The van der Waals surface area contributed by atoms with Crippen LogP contribution in [0.4, 0.5) is 5.69 Å². The highest BCUT2D eigenvalue weighted by Gasteiger charge is 2.15. The zero-order valence-electron chi connectivity index (χ0n) is 15.7. The Morgan fingerprint density at radius 1 is 1.07 bits per heavy atom. The topological polar surface area (TPSA) is 84.7 Å². The van der Waals surface area contributed by atoms with E-state index in [2.05, 4.69) is 30.1 Å². The molecule has 0 fully saturated rings. The first-order valence-corrected chi connectivity index (χ1v) is 8.97. The number of nitro groups is 1. The fraction of sp³-hybridized carbons (Fsp3) is 0.350. The van der Waals surface area contributed by atoms with Gasteiger partial charge in [-0.05, 0) is 30.3 Å². The lowest BCUT2D eigenvalue weighted by molar-refractivity contribution is -0.385. The van der Waals surface area contributed by atoms with E-state index in [-0.39, 0.29) is 24.0 Å². The van der Waals surface area contributed by atoms with E-state index < -0.39 is 4.92 Å². The van der Waals surface area contributed by atoms with Gasteiger partial charge in [-0.25, -0.2) is 0 Å². The van der Waals surface area contributed by atoms with E-state index in [0.717, 1.165) is 25.2 Å². The van der Waals surface area contributed by atoms with Crippen LogP contribution < -0.4 is 10.1 Å². The minimum Gasteiger partial charge on any atom is -0.477 e. The van der Waals surface area contributed by atoms with E-state index in [1.807, 2.05) is 18.2 Å². The Kier molecular flexibility index (Phi) is 7.76. The number of carbonyl (C=O) groups excluding carboxylic acids is 1. The molecule has 0 aromatic heterocycles. The van der Waals surface area contributed by atoms with Crippen LogP contribution >= 0.6 is 0 Å². The van der Waals surface area contributed by atoms with Gasteiger partial charge in [0.15, 0.2) is 12.4 Å². The normalized spacial score (nSPS) is 10.6. The highest BCUT2D eigenvalue weighted by molar-refractivity contribution is 5.77. The van der Waals surface area contributed by atoms with Gasteiger partial charge in [0, 0.05) is 19.2 Å². The summed E-state index contributed by atoms with van der Waals surface area (Å²) in [6.45, 7) is 7.09. The van der Waals surface area contributed by atoms with Gasteiger partial charge in [-0.15, -0.1) is 0 Å². The zero-order chi connectivity index (χ0) is 19.6. The van der Waals surface area contributed by atoms with Crippen molar-refractivity contribution < 1.29 is 14.5 Å². The first kappa shape index (κ1) is 20.4. The molecular formula is C20H25N3O4. The first-order valence-electron chi connectivity index (χ1n) is 8.97. The van der Waals surface area contributed by atoms with Gasteiger partial charge >= 0.3 is 5.69 Å². The number of carbonyl (C=O) groups is 1. The molecule has 144 valence electrons. The van der Waals surface area contributed by atoms with Crippen molar-refractivity contribution in [2.75, 3.05) is 19.7 Å².